The van der Waals surface area contributed by atoms with Gasteiger partial charge in [0.15, 0.2) is 0 Å². The van der Waals surface area contributed by atoms with Gasteiger partial charge >= 0.3 is 6.03 Å². The molecule has 1 saturated carbocycles. The molecule has 2 amide bonds. The summed E-state index contributed by atoms with van der Waals surface area (Å²) in [5.41, 5.74) is 0. The van der Waals surface area contributed by atoms with E-state index in [-0.39, 0.29) is 6.03 Å². The molecule has 2 unspecified atom stereocenters. The van der Waals surface area contributed by atoms with E-state index in [0.717, 1.165) is 6.42 Å². The van der Waals surface area contributed by atoms with Gasteiger partial charge in [-0.15, -0.1) is 0 Å². The van der Waals surface area contributed by atoms with Crippen LogP contribution in [0.15, 0.2) is 0 Å². The number of hydrogen-bond acceptors (Lipinski definition) is 3. The first-order valence-corrected chi connectivity index (χ1v) is 4.49. The predicted octanol–water partition coefficient (Wildman–Crippen LogP) is -0.810. The molecule has 1 aliphatic carbocycles. The third-order valence-electron chi connectivity index (χ3n) is 2.35. The molecule has 1 aliphatic rings. The van der Waals surface area contributed by atoms with Crippen molar-refractivity contribution in [3.63, 3.8) is 0 Å². The fourth-order valence-corrected chi connectivity index (χ4v) is 1.57. The minimum atomic E-state index is -0.638. The summed E-state index contributed by atoms with van der Waals surface area (Å²) in [6.07, 6.45) is 0.785. The molecule has 0 heterocycles. The zero-order chi connectivity index (χ0) is 9.84. The third-order valence-corrected chi connectivity index (χ3v) is 2.35. The number of aliphatic hydroxyl groups is 2. The van der Waals surface area contributed by atoms with E-state index < -0.39 is 18.2 Å². The highest BCUT2D eigenvalue weighted by molar-refractivity contribution is 5.73. The summed E-state index contributed by atoms with van der Waals surface area (Å²) < 4.78 is 0. The molecule has 0 aromatic carbocycles. The van der Waals surface area contributed by atoms with Gasteiger partial charge in [-0.25, -0.2) is 4.79 Å². The SMILES string of the molecule is CNC(=O)NC1C(O)CCCC1O. The molecule has 2 atom stereocenters. The van der Waals surface area contributed by atoms with Crippen molar-refractivity contribution < 1.29 is 15.0 Å². The van der Waals surface area contributed by atoms with Gasteiger partial charge in [0.1, 0.15) is 0 Å². The topological polar surface area (TPSA) is 81.6 Å². The number of carbonyl (C=O) groups is 1. The molecule has 76 valence electrons. The molecule has 1 fully saturated rings. The lowest BCUT2D eigenvalue weighted by Crippen LogP contribution is -2.54. The molecule has 0 bridgehead atoms. The van der Waals surface area contributed by atoms with Crippen molar-refractivity contribution >= 4 is 6.03 Å². The Balaban J connectivity index is 2.48. The van der Waals surface area contributed by atoms with Crippen molar-refractivity contribution in [2.45, 2.75) is 37.5 Å². The van der Waals surface area contributed by atoms with Crippen LogP contribution < -0.4 is 10.6 Å². The minimum Gasteiger partial charge on any atom is -0.391 e. The molecule has 0 radical (unpaired) electrons. The van der Waals surface area contributed by atoms with Crippen LogP contribution in [0.25, 0.3) is 0 Å². The lowest BCUT2D eigenvalue weighted by molar-refractivity contribution is 0.00625. The van der Waals surface area contributed by atoms with E-state index in [0.29, 0.717) is 12.8 Å². The summed E-state index contributed by atoms with van der Waals surface area (Å²) >= 11 is 0. The second-order valence-electron chi connectivity index (χ2n) is 3.31. The molecule has 5 nitrogen and oxygen atoms in total. The van der Waals surface area contributed by atoms with Crippen molar-refractivity contribution in [1.82, 2.24) is 10.6 Å². The summed E-state index contributed by atoms with van der Waals surface area (Å²) in [7, 11) is 1.50. The smallest absolute Gasteiger partial charge is 0.314 e. The Morgan fingerprint density at radius 3 is 2.31 bits per heavy atom. The number of aliphatic hydroxyl groups excluding tert-OH is 2. The molecule has 0 spiro atoms. The van der Waals surface area contributed by atoms with Crippen LogP contribution in [0.5, 0.6) is 0 Å². The zero-order valence-electron chi connectivity index (χ0n) is 7.66. The van der Waals surface area contributed by atoms with Crippen molar-refractivity contribution in [2.75, 3.05) is 7.05 Å². The van der Waals surface area contributed by atoms with Crippen molar-refractivity contribution in [1.29, 1.82) is 0 Å². The fraction of sp³-hybridized carbons (Fsp3) is 0.875. The molecule has 0 aromatic rings. The summed E-state index contributed by atoms with van der Waals surface area (Å²) in [6.45, 7) is 0. The second kappa shape index (κ2) is 4.43. The van der Waals surface area contributed by atoms with Crippen LogP contribution in [0.1, 0.15) is 19.3 Å². The zero-order valence-corrected chi connectivity index (χ0v) is 7.66. The van der Waals surface area contributed by atoms with Crippen molar-refractivity contribution in [3.05, 3.63) is 0 Å². The summed E-state index contributed by atoms with van der Waals surface area (Å²) in [5, 5.41) is 23.9. The van der Waals surface area contributed by atoms with E-state index >= 15 is 0 Å². The van der Waals surface area contributed by atoms with Gasteiger partial charge in [-0.3, -0.25) is 0 Å². The largest absolute Gasteiger partial charge is 0.391 e. The van der Waals surface area contributed by atoms with Gasteiger partial charge < -0.3 is 20.8 Å². The molecule has 4 N–H and O–H groups in total. The van der Waals surface area contributed by atoms with Crippen LogP contribution in [-0.4, -0.2) is 41.5 Å². The van der Waals surface area contributed by atoms with E-state index in [2.05, 4.69) is 10.6 Å². The van der Waals surface area contributed by atoms with Gasteiger partial charge in [0.25, 0.3) is 0 Å². The molecule has 0 aliphatic heterocycles. The Kier molecular flexibility index (Phi) is 3.50. The maximum atomic E-state index is 10.9. The second-order valence-corrected chi connectivity index (χ2v) is 3.31. The molecular weight excluding hydrogens is 172 g/mol. The summed E-state index contributed by atoms with van der Waals surface area (Å²) in [6, 6.07) is -0.904. The van der Waals surface area contributed by atoms with E-state index in [9.17, 15) is 15.0 Å². The van der Waals surface area contributed by atoms with Gasteiger partial charge in [-0.2, -0.15) is 0 Å². The van der Waals surface area contributed by atoms with Crippen LogP contribution in [0.3, 0.4) is 0 Å². The number of nitrogens with one attached hydrogen (secondary N) is 2. The summed E-state index contributed by atoms with van der Waals surface area (Å²) in [5.74, 6) is 0. The van der Waals surface area contributed by atoms with E-state index in [1.165, 1.54) is 7.05 Å². The van der Waals surface area contributed by atoms with Crippen LogP contribution >= 0.6 is 0 Å². The highest BCUT2D eigenvalue weighted by Crippen LogP contribution is 2.18. The Labute approximate surface area is 77.1 Å². The van der Waals surface area contributed by atoms with E-state index in [1.807, 2.05) is 0 Å². The van der Waals surface area contributed by atoms with Crippen molar-refractivity contribution in [2.24, 2.45) is 0 Å². The number of amides is 2. The highest BCUT2D eigenvalue weighted by atomic mass is 16.3. The monoisotopic (exact) mass is 188 g/mol. The molecular formula is C8H16N2O3. The van der Waals surface area contributed by atoms with Crippen LogP contribution in [0, 0.1) is 0 Å². The average Bonchev–Trinajstić information content (AvgIpc) is 2.11. The van der Waals surface area contributed by atoms with Gasteiger partial charge in [0.2, 0.25) is 0 Å². The number of rotatable bonds is 1. The highest BCUT2D eigenvalue weighted by Gasteiger charge is 2.31. The number of hydrogen-bond donors (Lipinski definition) is 4. The Bertz CT molecular complexity index is 176. The fourth-order valence-electron chi connectivity index (χ4n) is 1.57. The van der Waals surface area contributed by atoms with Crippen LogP contribution in [0.2, 0.25) is 0 Å². The van der Waals surface area contributed by atoms with E-state index in [4.69, 9.17) is 0 Å². The quantitative estimate of drug-likeness (QED) is 0.434. The molecule has 5 heteroatoms. The van der Waals surface area contributed by atoms with Gasteiger partial charge in [0.05, 0.1) is 18.2 Å². The minimum absolute atomic E-state index is 0.370. The lowest BCUT2D eigenvalue weighted by atomic mass is 9.90. The van der Waals surface area contributed by atoms with Crippen LogP contribution in [0.4, 0.5) is 4.79 Å². The first-order chi connectivity index (χ1) is 6.15. The average molecular weight is 188 g/mol. The van der Waals surface area contributed by atoms with E-state index in [1.54, 1.807) is 0 Å². The van der Waals surface area contributed by atoms with Gasteiger partial charge in [-0.05, 0) is 19.3 Å². The van der Waals surface area contributed by atoms with Crippen LogP contribution in [-0.2, 0) is 0 Å². The molecule has 0 aromatic heterocycles. The molecule has 13 heavy (non-hydrogen) atoms. The maximum absolute atomic E-state index is 10.9. The Hall–Kier alpha value is -0.810. The van der Waals surface area contributed by atoms with Crippen molar-refractivity contribution in [3.8, 4) is 0 Å². The molecule has 1 rings (SSSR count). The standard InChI is InChI=1S/C8H16N2O3/c1-9-8(13)10-7-5(11)3-2-4-6(7)12/h5-7,11-12H,2-4H2,1H3,(H2,9,10,13). The molecule has 0 saturated heterocycles. The first-order valence-electron chi connectivity index (χ1n) is 4.49. The maximum Gasteiger partial charge on any atom is 0.314 e. The first kappa shape index (κ1) is 10.3. The Morgan fingerprint density at radius 1 is 1.31 bits per heavy atom. The Morgan fingerprint density at radius 2 is 1.85 bits per heavy atom. The lowest BCUT2D eigenvalue weighted by Gasteiger charge is -2.32. The third kappa shape index (κ3) is 2.57. The number of urea groups is 1. The number of carbonyl (C=O) groups excluding carboxylic acids is 1. The summed E-state index contributed by atoms with van der Waals surface area (Å²) in [4.78, 5) is 10.9. The normalized spacial score (nSPS) is 33.9. The predicted molar refractivity (Wildman–Crippen MR) is 47.2 cm³/mol. The van der Waals surface area contributed by atoms with Gasteiger partial charge in [-0.1, -0.05) is 0 Å². The van der Waals surface area contributed by atoms with Gasteiger partial charge in [0, 0.05) is 7.05 Å².